The van der Waals surface area contributed by atoms with Crippen molar-refractivity contribution in [3.05, 3.63) is 34.9 Å². The predicted molar refractivity (Wildman–Crippen MR) is 53.5 cm³/mol. The van der Waals surface area contributed by atoms with Crippen LogP contribution in [0.1, 0.15) is 5.56 Å². The van der Waals surface area contributed by atoms with Gasteiger partial charge in [0.2, 0.25) is 0 Å². The monoisotopic (exact) mass is 206 g/mol. The first-order valence-corrected chi connectivity index (χ1v) is 5.50. The highest BCUT2D eigenvalue weighted by atomic mass is 35.7. The molecular weight excluding hydrogens is 199 g/mol. The smallest absolute Gasteiger partial charge is 0.0438 e. The van der Waals surface area contributed by atoms with Crippen molar-refractivity contribution in [2.24, 2.45) is 0 Å². The Morgan fingerprint density at radius 3 is 2.64 bits per heavy atom. The molecule has 0 amide bonds. The van der Waals surface area contributed by atoms with Crippen molar-refractivity contribution >= 4 is 33.3 Å². The Morgan fingerprint density at radius 2 is 2.00 bits per heavy atom. The van der Waals surface area contributed by atoms with Crippen LogP contribution in [0.4, 0.5) is 0 Å². The minimum Gasteiger partial charge on any atom is -0.0840 e. The number of hydrogen-bond acceptors (Lipinski definition) is 1. The van der Waals surface area contributed by atoms with Gasteiger partial charge in [-0.25, -0.2) is 0 Å². The molecule has 1 aromatic rings. The van der Waals surface area contributed by atoms with E-state index in [4.69, 9.17) is 22.3 Å². The highest BCUT2D eigenvalue weighted by molar-refractivity contribution is 8.21. The van der Waals surface area contributed by atoms with E-state index in [0.717, 1.165) is 17.2 Å². The fourth-order valence-electron chi connectivity index (χ4n) is 0.850. The van der Waals surface area contributed by atoms with Gasteiger partial charge in [0, 0.05) is 10.8 Å². The van der Waals surface area contributed by atoms with Crippen molar-refractivity contribution in [2.45, 2.75) is 6.42 Å². The Bertz CT molecular complexity index is 225. The molecule has 1 aromatic carbocycles. The van der Waals surface area contributed by atoms with Gasteiger partial charge in [0.15, 0.2) is 0 Å². The van der Waals surface area contributed by atoms with Gasteiger partial charge in [-0.1, -0.05) is 40.8 Å². The van der Waals surface area contributed by atoms with Crippen LogP contribution < -0.4 is 0 Å². The van der Waals surface area contributed by atoms with Crippen LogP contribution in [0.5, 0.6) is 0 Å². The summed E-state index contributed by atoms with van der Waals surface area (Å²) in [6.45, 7) is 0. The fourth-order valence-corrected chi connectivity index (χ4v) is 1.61. The lowest BCUT2D eigenvalue weighted by Gasteiger charge is -1.99. The van der Waals surface area contributed by atoms with Crippen LogP contribution in [-0.4, -0.2) is 5.75 Å². The summed E-state index contributed by atoms with van der Waals surface area (Å²) in [6.07, 6.45) is 0.938. The Labute approximate surface area is 80.4 Å². The molecule has 0 heterocycles. The Balaban J connectivity index is 2.62. The van der Waals surface area contributed by atoms with Crippen LogP contribution in [0.2, 0.25) is 5.02 Å². The summed E-state index contributed by atoms with van der Waals surface area (Å²) in [7, 11) is 6.80. The lowest BCUT2D eigenvalue weighted by atomic mass is 10.2. The van der Waals surface area contributed by atoms with Gasteiger partial charge in [-0.3, -0.25) is 0 Å². The van der Waals surface area contributed by atoms with Crippen molar-refractivity contribution in [2.75, 3.05) is 5.75 Å². The molecule has 0 saturated carbocycles. The highest BCUT2D eigenvalue weighted by Gasteiger charge is 1.96. The highest BCUT2D eigenvalue weighted by Crippen LogP contribution is 2.18. The van der Waals surface area contributed by atoms with Gasteiger partial charge in [0.1, 0.15) is 0 Å². The van der Waals surface area contributed by atoms with Gasteiger partial charge in [0.25, 0.3) is 0 Å². The van der Waals surface area contributed by atoms with Crippen LogP contribution in [0.25, 0.3) is 0 Å². The molecule has 0 radical (unpaired) electrons. The van der Waals surface area contributed by atoms with E-state index >= 15 is 0 Å². The van der Waals surface area contributed by atoms with E-state index in [1.54, 1.807) is 0 Å². The zero-order valence-corrected chi connectivity index (χ0v) is 8.22. The number of aryl methyl sites for hydroxylation is 1. The summed E-state index contributed by atoms with van der Waals surface area (Å²) in [6, 6.07) is 7.84. The molecule has 1 rings (SSSR count). The predicted octanol–water partition coefficient (Wildman–Crippen LogP) is 3.77. The second kappa shape index (κ2) is 4.91. The van der Waals surface area contributed by atoms with Crippen molar-refractivity contribution in [1.82, 2.24) is 0 Å². The molecule has 0 aliphatic heterocycles. The first kappa shape index (κ1) is 9.24. The largest absolute Gasteiger partial charge is 0.0840 e. The molecule has 0 aromatic heterocycles. The van der Waals surface area contributed by atoms with E-state index in [1.165, 1.54) is 16.5 Å². The third-order valence-electron chi connectivity index (χ3n) is 1.41. The summed E-state index contributed by atoms with van der Waals surface area (Å²) in [4.78, 5) is 0. The second-order valence-corrected chi connectivity index (χ2v) is 3.84. The number of hydrogen-bond donors (Lipinski definition) is 0. The van der Waals surface area contributed by atoms with Gasteiger partial charge in [0.05, 0.1) is 0 Å². The zero-order valence-electron chi connectivity index (χ0n) is 5.89. The van der Waals surface area contributed by atoms with Crippen molar-refractivity contribution in [3.8, 4) is 0 Å². The lowest BCUT2D eigenvalue weighted by molar-refractivity contribution is 1.16. The maximum atomic E-state index is 5.91. The zero-order chi connectivity index (χ0) is 8.10. The van der Waals surface area contributed by atoms with E-state index in [2.05, 4.69) is 0 Å². The Hall–Kier alpha value is 0.150. The van der Waals surface area contributed by atoms with Gasteiger partial charge in [-0.05, 0) is 28.7 Å². The first-order chi connectivity index (χ1) is 5.34. The lowest BCUT2D eigenvalue weighted by Crippen LogP contribution is -1.86. The second-order valence-electron chi connectivity index (χ2n) is 2.15. The van der Waals surface area contributed by atoms with Crippen LogP contribution in [0.3, 0.4) is 0 Å². The maximum Gasteiger partial charge on any atom is 0.0438 e. The molecule has 0 bridgehead atoms. The molecule has 3 heteroatoms. The van der Waals surface area contributed by atoms with E-state index < -0.39 is 0 Å². The van der Waals surface area contributed by atoms with Gasteiger partial charge < -0.3 is 0 Å². The standard InChI is InChI=1S/C8H8Cl2S/c9-8-4-2-1-3-7(8)5-6-11-10/h1-4H,5-6H2. The van der Waals surface area contributed by atoms with E-state index in [1.807, 2.05) is 24.3 Å². The van der Waals surface area contributed by atoms with Crippen molar-refractivity contribution in [3.63, 3.8) is 0 Å². The molecule has 0 spiro atoms. The summed E-state index contributed by atoms with van der Waals surface area (Å²) in [5.74, 6) is 0.908. The van der Waals surface area contributed by atoms with E-state index in [-0.39, 0.29) is 0 Å². The minimum atomic E-state index is 0.832. The average molecular weight is 207 g/mol. The molecule has 0 aliphatic carbocycles. The molecule has 0 N–H and O–H groups in total. The van der Waals surface area contributed by atoms with Gasteiger partial charge in [-0.15, -0.1) is 0 Å². The maximum absolute atomic E-state index is 5.91. The van der Waals surface area contributed by atoms with Gasteiger partial charge >= 0.3 is 0 Å². The Morgan fingerprint density at radius 1 is 1.27 bits per heavy atom. The molecule has 0 aliphatic rings. The summed E-state index contributed by atoms with van der Waals surface area (Å²) < 4.78 is 0. The average Bonchev–Trinajstić information content (AvgIpc) is 2.03. The number of rotatable bonds is 3. The minimum absolute atomic E-state index is 0.832. The van der Waals surface area contributed by atoms with Crippen LogP contribution in [-0.2, 0) is 6.42 Å². The summed E-state index contributed by atoms with van der Waals surface area (Å²) >= 11 is 5.91. The Kier molecular flexibility index (Phi) is 4.13. The fraction of sp³-hybridized carbons (Fsp3) is 0.250. The quantitative estimate of drug-likeness (QED) is 0.726. The molecular formula is C8H8Cl2S. The topological polar surface area (TPSA) is 0 Å². The number of benzene rings is 1. The summed E-state index contributed by atoms with van der Waals surface area (Å²) in [5, 5.41) is 0.832. The number of halogens is 2. The van der Waals surface area contributed by atoms with Crippen LogP contribution in [0.15, 0.2) is 24.3 Å². The molecule has 0 atom stereocenters. The molecule has 0 fully saturated rings. The SMILES string of the molecule is ClSCCc1ccccc1Cl. The van der Waals surface area contributed by atoms with Crippen LogP contribution >= 0.6 is 33.3 Å². The van der Waals surface area contributed by atoms with E-state index in [9.17, 15) is 0 Å². The third kappa shape index (κ3) is 2.94. The van der Waals surface area contributed by atoms with Gasteiger partial charge in [-0.2, -0.15) is 0 Å². The summed E-state index contributed by atoms with van der Waals surface area (Å²) in [5.41, 5.74) is 1.17. The van der Waals surface area contributed by atoms with E-state index in [0.29, 0.717) is 0 Å². The molecule has 0 saturated heterocycles. The molecule has 0 nitrogen and oxygen atoms in total. The van der Waals surface area contributed by atoms with Crippen molar-refractivity contribution in [1.29, 1.82) is 0 Å². The molecule has 0 unspecified atom stereocenters. The van der Waals surface area contributed by atoms with Crippen molar-refractivity contribution < 1.29 is 0 Å². The van der Waals surface area contributed by atoms with Crippen LogP contribution in [0, 0.1) is 0 Å². The normalized spacial score (nSPS) is 10.0. The first-order valence-electron chi connectivity index (χ1n) is 3.31. The molecule has 60 valence electrons. The molecule has 11 heavy (non-hydrogen) atoms. The third-order valence-corrected chi connectivity index (χ3v) is 2.60.